The summed E-state index contributed by atoms with van der Waals surface area (Å²) in [4.78, 5) is 37.2. The molecule has 2 amide bonds. The van der Waals surface area contributed by atoms with Crippen LogP contribution < -0.4 is 0 Å². The normalized spacial score (nSPS) is 36.9. The lowest BCUT2D eigenvalue weighted by atomic mass is 9.81. The van der Waals surface area contributed by atoms with Gasteiger partial charge in [-0.15, -0.1) is 0 Å². The summed E-state index contributed by atoms with van der Waals surface area (Å²) in [6, 6.07) is 0. The van der Waals surface area contributed by atoms with E-state index in [1.807, 2.05) is 13.2 Å². The van der Waals surface area contributed by atoms with E-state index in [1.54, 1.807) is 11.8 Å². The molecule has 27 heavy (non-hydrogen) atoms. The van der Waals surface area contributed by atoms with Crippen molar-refractivity contribution >= 4 is 29.5 Å². The van der Waals surface area contributed by atoms with Crippen molar-refractivity contribution in [3.63, 3.8) is 0 Å². The molecule has 0 spiro atoms. The van der Waals surface area contributed by atoms with E-state index in [-0.39, 0.29) is 47.1 Å². The van der Waals surface area contributed by atoms with Crippen molar-refractivity contribution in [1.82, 2.24) is 4.90 Å². The molecule has 0 bridgehead atoms. The van der Waals surface area contributed by atoms with Crippen LogP contribution >= 0.6 is 11.8 Å². The molecule has 2 heterocycles. The maximum absolute atomic E-state index is 12.6. The summed E-state index contributed by atoms with van der Waals surface area (Å²) in [5.74, 6) is -0.657. The van der Waals surface area contributed by atoms with E-state index >= 15 is 0 Å². The molecule has 7 nitrogen and oxygen atoms in total. The second-order valence-corrected chi connectivity index (χ2v) is 8.56. The summed E-state index contributed by atoms with van der Waals surface area (Å²) >= 11 is 1.58. The van der Waals surface area contributed by atoms with Crippen LogP contribution in [0.15, 0.2) is 12.2 Å². The van der Waals surface area contributed by atoms with Crippen molar-refractivity contribution < 1.29 is 29.0 Å². The fraction of sp³-hybridized carbons (Fsp3) is 0.737. The van der Waals surface area contributed by atoms with Crippen molar-refractivity contribution in [3.05, 3.63) is 12.2 Å². The highest BCUT2D eigenvalue weighted by Crippen LogP contribution is 2.34. The first-order chi connectivity index (χ1) is 12.9. The predicted octanol–water partition coefficient (Wildman–Crippen LogP) is 1.49. The lowest BCUT2D eigenvalue weighted by Gasteiger charge is -2.38. The van der Waals surface area contributed by atoms with Crippen molar-refractivity contribution in [1.29, 1.82) is 0 Å². The van der Waals surface area contributed by atoms with Gasteiger partial charge in [0, 0.05) is 25.1 Å². The minimum Gasteiger partial charge on any atom is -0.461 e. The zero-order chi connectivity index (χ0) is 19.6. The van der Waals surface area contributed by atoms with Gasteiger partial charge in [0.2, 0.25) is 0 Å². The van der Waals surface area contributed by atoms with Gasteiger partial charge in [0.1, 0.15) is 6.10 Å². The lowest BCUT2D eigenvalue weighted by Crippen LogP contribution is -2.47. The number of hydrogen-bond acceptors (Lipinski definition) is 7. The number of hydrogen-bond donors (Lipinski definition) is 1. The van der Waals surface area contributed by atoms with E-state index < -0.39 is 6.29 Å². The number of nitrogens with zero attached hydrogens (tertiary/aromatic N) is 1. The van der Waals surface area contributed by atoms with Gasteiger partial charge in [0.15, 0.2) is 6.29 Å². The van der Waals surface area contributed by atoms with E-state index in [9.17, 15) is 19.5 Å². The van der Waals surface area contributed by atoms with E-state index in [0.717, 1.165) is 12.8 Å². The van der Waals surface area contributed by atoms with Gasteiger partial charge >= 0.3 is 5.97 Å². The molecule has 1 saturated carbocycles. The van der Waals surface area contributed by atoms with E-state index in [4.69, 9.17) is 9.47 Å². The average molecular weight is 397 g/mol. The third-order valence-electron chi connectivity index (χ3n) is 5.70. The Morgan fingerprint density at radius 2 is 1.89 bits per heavy atom. The van der Waals surface area contributed by atoms with Crippen molar-refractivity contribution in [3.8, 4) is 0 Å². The molecule has 1 aliphatic carbocycles. The largest absolute Gasteiger partial charge is 0.461 e. The smallest absolute Gasteiger partial charge is 0.309 e. The number of ether oxygens (including phenoxy) is 2. The van der Waals surface area contributed by atoms with Crippen LogP contribution in [0.5, 0.6) is 0 Å². The highest BCUT2D eigenvalue weighted by Gasteiger charge is 2.39. The Kier molecular flexibility index (Phi) is 6.60. The standard InChI is InChI=1S/C19H27NO6S/c1-11-18(27-2)14(9-17(23)25-11)26-19(24)13-5-3-12(4-6-13)10-20-15(21)7-8-16(20)22/h7-8,11-14,17-18,23H,3-6,9-10H2,1-2H3/t11-,12?,13?,14+,17-,18-/m1/s1. The zero-order valence-electron chi connectivity index (χ0n) is 15.7. The first kappa shape index (κ1) is 20.4. The first-order valence-corrected chi connectivity index (χ1v) is 10.8. The summed E-state index contributed by atoms with van der Waals surface area (Å²) in [6.45, 7) is 2.30. The molecule has 150 valence electrons. The summed E-state index contributed by atoms with van der Waals surface area (Å²) in [6.07, 6.45) is 6.38. The van der Waals surface area contributed by atoms with E-state index in [0.29, 0.717) is 25.8 Å². The number of esters is 1. The molecule has 3 aliphatic rings. The molecule has 1 saturated heterocycles. The SMILES string of the molecule is CS[C@H]1[C@@H](OC(=O)C2CCC(CN3C(=O)C=CC3=O)CC2)C[C@H](O)O[C@@H]1C. The summed E-state index contributed by atoms with van der Waals surface area (Å²) in [5.41, 5.74) is 0. The predicted molar refractivity (Wildman–Crippen MR) is 99.7 cm³/mol. The van der Waals surface area contributed by atoms with Crippen molar-refractivity contribution in [2.75, 3.05) is 12.8 Å². The van der Waals surface area contributed by atoms with Gasteiger partial charge in [-0.3, -0.25) is 19.3 Å². The molecule has 0 radical (unpaired) electrons. The number of amides is 2. The highest BCUT2D eigenvalue weighted by molar-refractivity contribution is 7.99. The van der Waals surface area contributed by atoms with Crippen LogP contribution in [0, 0.1) is 11.8 Å². The molecule has 0 unspecified atom stereocenters. The van der Waals surface area contributed by atoms with Crippen molar-refractivity contribution in [2.45, 2.75) is 62.8 Å². The molecular formula is C19H27NO6S. The lowest BCUT2D eigenvalue weighted by molar-refractivity contribution is -0.196. The fourth-order valence-corrected chi connectivity index (χ4v) is 5.09. The Morgan fingerprint density at radius 3 is 2.48 bits per heavy atom. The van der Waals surface area contributed by atoms with Crippen LogP contribution in [0.25, 0.3) is 0 Å². The van der Waals surface area contributed by atoms with Crippen molar-refractivity contribution in [2.24, 2.45) is 11.8 Å². The van der Waals surface area contributed by atoms with Crippen LogP contribution in [0.3, 0.4) is 0 Å². The topological polar surface area (TPSA) is 93.1 Å². The van der Waals surface area contributed by atoms with E-state index in [2.05, 4.69) is 0 Å². The number of carbonyl (C=O) groups excluding carboxylic acids is 3. The maximum atomic E-state index is 12.6. The number of aliphatic hydroxyl groups is 1. The van der Waals surface area contributed by atoms with Crippen LogP contribution in [0.4, 0.5) is 0 Å². The Hall–Kier alpha value is -1.38. The quantitative estimate of drug-likeness (QED) is 0.555. The third-order valence-corrected chi connectivity index (χ3v) is 6.93. The van der Waals surface area contributed by atoms with Gasteiger partial charge in [0.25, 0.3) is 11.8 Å². The molecule has 0 aromatic heterocycles. The molecule has 0 aromatic rings. The van der Waals surface area contributed by atoms with Gasteiger partial charge in [-0.2, -0.15) is 11.8 Å². The number of rotatable bonds is 5. The number of thioether (sulfide) groups is 1. The van der Waals surface area contributed by atoms with Gasteiger partial charge in [-0.05, 0) is 44.8 Å². The molecular weight excluding hydrogens is 370 g/mol. The number of aliphatic hydroxyl groups excluding tert-OH is 1. The average Bonchev–Trinajstić information content (AvgIpc) is 2.94. The van der Waals surface area contributed by atoms with Crippen LogP contribution in [-0.2, 0) is 23.9 Å². The van der Waals surface area contributed by atoms with Gasteiger partial charge < -0.3 is 14.6 Å². The third kappa shape index (κ3) is 4.73. The Morgan fingerprint density at radius 1 is 1.26 bits per heavy atom. The monoisotopic (exact) mass is 397 g/mol. The maximum Gasteiger partial charge on any atom is 0.309 e. The summed E-state index contributed by atoms with van der Waals surface area (Å²) in [5, 5.41) is 9.82. The molecule has 1 N–H and O–H groups in total. The molecule has 2 aliphatic heterocycles. The summed E-state index contributed by atoms with van der Waals surface area (Å²) < 4.78 is 11.2. The Labute approximate surface area is 163 Å². The van der Waals surface area contributed by atoms with Gasteiger partial charge in [-0.1, -0.05) is 0 Å². The van der Waals surface area contributed by atoms with Crippen LogP contribution in [0.1, 0.15) is 39.0 Å². The molecule has 4 atom stereocenters. The van der Waals surface area contributed by atoms with E-state index in [1.165, 1.54) is 17.1 Å². The minimum atomic E-state index is -0.902. The van der Waals surface area contributed by atoms with Crippen LogP contribution in [-0.4, -0.2) is 64.3 Å². The fourth-order valence-electron chi connectivity index (χ4n) is 4.17. The molecule has 8 heteroatoms. The Balaban J connectivity index is 1.48. The second-order valence-electron chi connectivity index (χ2n) is 7.55. The first-order valence-electron chi connectivity index (χ1n) is 9.49. The zero-order valence-corrected chi connectivity index (χ0v) is 16.5. The molecule has 2 fully saturated rings. The highest BCUT2D eigenvalue weighted by atomic mass is 32.2. The molecule has 0 aromatic carbocycles. The molecule has 3 rings (SSSR count). The van der Waals surface area contributed by atoms with Gasteiger partial charge in [-0.25, -0.2) is 0 Å². The Bertz CT molecular complexity index is 597. The van der Waals surface area contributed by atoms with Crippen LogP contribution in [0.2, 0.25) is 0 Å². The summed E-state index contributed by atoms with van der Waals surface area (Å²) in [7, 11) is 0. The number of imide groups is 1. The second kappa shape index (κ2) is 8.75. The van der Waals surface area contributed by atoms with Gasteiger partial charge in [0.05, 0.1) is 17.3 Å². The number of carbonyl (C=O) groups is 3. The minimum absolute atomic E-state index is 0.00776.